The first-order valence-corrected chi connectivity index (χ1v) is 12.4. The molecule has 0 N–H and O–H groups in total. The van der Waals surface area contributed by atoms with Crippen molar-refractivity contribution in [2.75, 3.05) is 19.8 Å². The number of fused-ring (bicyclic) bond motifs is 5. The van der Waals surface area contributed by atoms with Crippen molar-refractivity contribution in [1.82, 2.24) is 0 Å². The molecule has 5 fully saturated rings. The lowest BCUT2D eigenvalue weighted by Gasteiger charge is -2.54. The van der Waals surface area contributed by atoms with E-state index in [0.717, 1.165) is 25.2 Å². The maximum atomic E-state index is 13.1. The van der Waals surface area contributed by atoms with E-state index in [-0.39, 0.29) is 23.7 Å². The van der Waals surface area contributed by atoms with Gasteiger partial charge >= 0.3 is 5.97 Å². The van der Waals surface area contributed by atoms with Gasteiger partial charge in [-0.2, -0.15) is 0 Å². The molecule has 6 atom stereocenters. The molecule has 0 aromatic heterocycles. The number of carbonyl (C=O) groups excluding carboxylic acids is 2. The number of ketones is 1. The average molecular weight is 419 g/mol. The third kappa shape index (κ3) is 3.44. The molecular weight excluding hydrogens is 380 g/mol. The Morgan fingerprint density at radius 1 is 1.07 bits per heavy atom. The van der Waals surface area contributed by atoms with Crippen molar-refractivity contribution in [3.8, 4) is 0 Å². The molecule has 0 amide bonds. The lowest BCUT2D eigenvalue weighted by molar-refractivity contribution is -0.349. The Labute approximate surface area is 180 Å². The van der Waals surface area contributed by atoms with Crippen molar-refractivity contribution in [3.63, 3.8) is 0 Å². The highest BCUT2D eigenvalue weighted by Crippen LogP contribution is 2.52. The Balaban J connectivity index is 1.17. The average Bonchev–Trinajstić information content (AvgIpc) is 2.76. The molecule has 0 aromatic rings. The summed E-state index contributed by atoms with van der Waals surface area (Å²) >= 11 is 0. The van der Waals surface area contributed by atoms with Gasteiger partial charge in [-0.25, -0.2) is 0 Å². The first kappa shape index (κ1) is 20.9. The molecule has 4 bridgehead atoms. The number of Topliss-reactive ketones (excluding diaryl/α,β-unsaturated/α-hetero) is 1. The van der Waals surface area contributed by atoms with Gasteiger partial charge in [-0.3, -0.25) is 9.59 Å². The van der Waals surface area contributed by atoms with Crippen LogP contribution in [0.2, 0.25) is 0 Å². The summed E-state index contributed by atoms with van der Waals surface area (Å²) < 4.78 is 18.7. The summed E-state index contributed by atoms with van der Waals surface area (Å²) in [5.74, 6) is 1.79. The molecule has 1 heterocycles. The normalized spacial score (nSPS) is 48.4. The van der Waals surface area contributed by atoms with Crippen molar-refractivity contribution < 1.29 is 23.8 Å². The largest absolute Gasteiger partial charge is 0.465 e. The van der Waals surface area contributed by atoms with Gasteiger partial charge in [0.05, 0.1) is 25.2 Å². The summed E-state index contributed by atoms with van der Waals surface area (Å²) in [6.45, 7) is 5.86. The summed E-state index contributed by atoms with van der Waals surface area (Å²) in [6, 6.07) is 0. The second kappa shape index (κ2) is 7.88. The van der Waals surface area contributed by atoms with E-state index in [0.29, 0.717) is 50.3 Å². The fourth-order valence-electron chi connectivity index (χ4n) is 7.63. The summed E-state index contributed by atoms with van der Waals surface area (Å²) in [5, 5.41) is 0. The SMILES string of the molecule is CC1CC2(C(=O)OCC3COC4(OC3)C(C)CC3CCCC4C3)CCCC(C2)C1=O. The predicted octanol–water partition coefficient (Wildman–Crippen LogP) is 4.52. The summed E-state index contributed by atoms with van der Waals surface area (Å²) in [4.78, 5) is 25.5. The minimum Gasteiger partial charge on any atom is -0.465 e. The van der Waals surface area contributed by atoms with Gasteiger partial charge in [0.25, 0.3) is 0 Å². The number of hydrogen-bond donors (Lipinski definition) is 0. The first-order chi connectivity index (χ1) is 14.4. The number of hydrogen-bond acceptors (Lipinski definition) is 5. The maximum absolute atomic E-state index is 13.1. The van der Waals surface area contributed by atoms with Crippen LogP contribution in [0.25, 0.3) is 0 Å². The van der Waals surface area contributed by atoms with Crippen LogP contribution in [0.15, 0.2) is 0 Å². The maximum Gasteiger partial charge on any atom is 0.312 e. The monoisotopic (exact) mass is 418 g/mol. The van der Waals surface area contributed by atoms with E-state index in [1.54, 1.807) is 0 Å². The Morgan fingerprint density at radius 2 is 1.87 bits per heavy atom. The zero-order valence-corrected chi connectivity index (χ0v) is 18.7. The number of carbonyl (C=O) groups is 2. The van der Waals surface area contributed by atoms with Gasteiger partial charge in [0, 0.05) is 29.6 Å². The molecule has 4 aliphatic carbocycles. The highest BCUT2D eigenvalue weighted by molar-refractivity contribution is 5.88. The molecule has 1 spiro atoms. The number of ether oxygens (including phenoxy) is 3. The molecule has 0 aromatic carbocycles. The van der Waals surface area contributed by atoms with Gasteiger partial charge < -0.3 is 14.2 Å². The van der Waals surface area contributed by atoms with Crippen molar-refractivity contribution in [1.29, 1.82) is 0 Å². The van der Waals surface area contributed by atoms with E-state index in [1.165, 1.54) is 32.1 Å². The Kier molecular flexibility index (Phi) is 5.50. The van der Waals surface area contributed by atoms with Gasteiger partial charge in [0.1, 0.15) is 5.78 Å². The van der Waals surface area contributed by atoms with Crippen LogP contribution in [0.5, 0.6) is 0 Å². The lowest BCUT2D eigenvalue weighted by Crippen LogP contribution is -2.58. The van der Waals surface area contributed by atoms with Crippen LogP contribution in [0, 0.1) is 40.9 Å². The Hall–Kier alpha value is -0.940. The molecule has 6 unspecified atom stereocenters. The summed E-state index contributed by atoms with van der Waals surface area (Å²) in [7, 11) is 0. The van der Waals surface area contributed by atoms with E-state index in [2.05, 4.69) is 6.92 Å². The van der Waals surface area contributed by atoms with Crippen molar-refractivity contribution >= 4 is 11.8 Å². The van der Waals surface area contributed by atoms with Crippen molar-refractivity contribution in [3.05, 3.63) is 0 Å². The smallest absolute Gasteiger partial charge is 0.312 e. The quantitative estimate of drug-likeness (QED) is 0.631. The van der Waals surface area contributed by atoms with Crippen LogP contribution in [-0.4, -0.2) is 37.4 Å². The third-order valence-corrected chi connectivity index (χ3v) is 9.13. The zero-order valence-electron chi connectivity index (χ0n) is 18.7. The fourth-order valence-corrected chi connectivity index (χ4v) is 7.63. The van der Waals surface area contributed by atoms with Crippen LogP contribution in [0.3, 0.4) is 0 Å². The minimum absolute atomic E-state index is 0.0232. The molecule has 1 saturated heterocycles. The van der Waals surface area contributed by atoms with Gasteiger partial charge in [-0.15, -0.1) is 0 Å². The van der Waals surface area contributed by atoms with Crippen LogP contribution in [0.1, 0.15) is 78.1 Å². The molecule has 4 saturated carbocycles. The van der Waals surface area contributed by atoms with Gasteiger partial charge in [0.2, 0.25) is 0 Å². The standard InChI is InChI=1S/C25H38O5/c1-16-11-24(8-4-6-20(12-24)22(16)26)23(27)28-13-19-14-29-25(30-15-19)17(2)9-18-5-3-7-21(25)10-18/h16-21H,3-15H2,1-2H3. The summed E-state index contributed by atoms with van der Waals surface area (Å²) in [6.07, 6.45) is 10.4. The van der Waals surface area contributed by atoms with Gasteiger partial charge in [-0.05, 0) is 50.9 Å². The van der Waals surface area contributed by atoms with E-state index >= 15 is 0 Å². The fraction of sp³-hybridized carbons (Fsp3) is 0.920. The van der Waals surface area contributed by atoms with E-state index in [4.69, 9.17) is 14.2 Å². The van der Waals surface area contributed by atoms with E-state index in [9.17, 15) is 9.59 Å². The molecule has 168 valence electrons. The number of rotatable bonds is 3. The molecular formula is C25H38O5. The molecule has 5 aliphatic rings. The number of esters is 1. The first-order valence-electron chi connectivity index (χ1n) is 12.4. The van der Waals surface area contributed by atoms with E-state index < -0.39 is 11.2 Å². The van der Waals surface area contributed by atoms with Crippen LogP contribution < -0.4 is 0 Å². The van der Waals surface area contributed by atoms with Crippen molar-refractivity contribution in [2.45, 2.75) is 83.8 Å². The van der Waals surface area contributed by atoms with Crippen LogP contribution in [0.4, 0.5) is 0 Å². The minimum atomic E-state index is -0.442. The van der Waals surface area contributed by atoms with Gasteiger partial charge in [-0.1, -0.05) is 33.1 Å². The lowest BCUT2D eigenvalue weighted by atomic mass is 9.58. The Bertz CT molecular complexity index is 675. The third-order valence-electron chi connectivity index (χ3n) is 9.13. The molecule has 5 rings (SSSR count). The molecule has 5 heteroatoms. The highest BCUT2D eigenvalue weighted by Gasteiger charge is 2.54. The molecule has 5 nitrogen and oxygen atoms in total. The zero-order chi connectivity index (χ0) is 20.9. The summed E-state index contributed by atoms with van der Waals surface area (Å²) in [5.41, 5.74) is -0.442. The molecule has 30 heavy (non-hydrogen) atoms. The predicted molar refractivity (Wildman–Crippen MR) is 111 cm³/mol. The second-order valence-electron chi connectivity index (χ2n) is 11.3. The van der Waals surface area contributed by atoms with Crippen LogP contribution in [-0.2, 0) is 23.8 Å². The van der Waals surface area contributed by atoms with Crippen LogP contribution >= 0.6 is 0 Å². The van der Waals surface area contributed by atoms with Gasteiger partial charge in [0.15, 0.2) is 5.79 Å². The topological polar surface area (TPSA) is 61.8 Å². The second-order valence-corrected chi connectivity index (χ2v) is 11.3. The van der Waals surface area contributed by atoms with E-state index in [1.807, 2.05) is 6.92 Å². The van der Waals surface area contributed by atoms with Crippen molar-refractivity contribution in [2.24, 2.45) is 40.9 Å². The Morgan fingerprint density at radius 3 is 2.67 bits per heavy atom. The highest BCUT2D eigenvalue weighted by atomic mass is 16.7. The molecule has 1 aliphatic heterocycles. The molecule has 0 radical (unpaired) electrons.